The third-order valence-electron chi connectivity index (χ3n) is 6.98. The lowest BCUT2D eigenvalue weighted by molar-refractivity contribution is 0.506. The Morgan fingerprint density at radius 1 is 1.40 bits per heavy atom. The minimum absolute atomic E-state index is 0.0109. The molecule has 2 atom stereocenters. The van der Waals surface area contributed by atoms with Gasteiger partial charge in [0.2, 0.25) is 6.54 Å². The van der Waals surface area contributed by atoms with E-state index in [1.54, 1.807) is 11.5 Å². The third-order valence-corrected chi connectivity index (χ3v) is 6.98. The van der Waals surface area contributed by atoms with Gasteiger partial charge in [0, 0.05) is 36.2 Å². The first-order valence-electron chi connectivity index (χ1n) is 10.4. The highest BCUT2D eigenvalue weighted by Crippen LogP contribution is 2.54. The van der Waals surface area contributed by atoms with Gasteiger partial charge < -0.3 is 20.9 Å². The normalized spacial score (nSPS) is 25.2. The van der Waals surface area contributed by atoms with Gasteiger partial charge in [0.15, 0.2) is 0 Å². The highest BCUT2D eigenvalue weighted by molar-refractivity contribution is 5.87. The maximum Gasteiger partial charge on any atom is 0.350 e. The SMILES string of the molecule is [C-]#[N+]CCNC1CC12CCN(c1c(F)cc3c(=O)n(N)c(=O)n(C4CC4)c3c1C)C2. The topological polar surface area (TPSA) is 89.7 Å². The van der Waals surface area contributed by atoms with Crippen molar-refractivity contribution in [1.29, 1.82) is 0 Å². The molecule has 8 nitrogen and oxygen atoms in total. The molecule has 1 aliphatic heterocycles. The van der Waals surface area contributed by atoms with Crippen molar-refractivity contribution in [3.63, 3.8) is 0 Å². The van der Waals surface area contributed by atoms with E-state index in [2.05, 4.69) is 15.1 Å². The van der Waals surface area contributed by atoms with Gasteiger partial charge in [-0.15, -0.1) is 0 Å². The van der Waals surface area contributed by atoms with Crippen molar-refractivity contribution in [1.82, 2.24) is 14.6 Å². The standard InChI is InChI=1S/C21H25FN6O2/c1-12-17-14(19(29)28(23)20(30)27(17)13-3-4-13)9-15(22)18(12)26-8-5-21(11-26)10-16(21)25-7-6-24-2/h9,13,16,25H,3-8,10-11,23H2,1H3. The summed E-state index contributed by atoms with van der Waals surface area (Å²) >= 11 is 0. The van der Waals surface area contributed by atoms with Gasteiger partial charge in [0.05, 0.1) is 23.1 Å². The van der Waals surface area contributed by atoms with E-state index in [1.807, 2.05) is 0 Å². The summed E-state index contributed by atoms with van der Waals surface area (Å²) in [6.45, 7) is 11.3. The Kier molecular flexibility index (Phi) is 4.19. The first-order chi connectivity index (χ1) is 14.4. The van der Waals surface area contributed by atoms with Crippen molar-refractivity contribution in [3.05, 3.63) is 49.7 Å². The quantitative estimate of drug-likeness (QED) is 0.437. The summed E-state index contributed by atoms with van der Waals surface area (Å²) in [5.74, 6) is 5.25. The van der Waals surface area contributed by atoms with Crippen LogP contribution in [0.25, 0.3) is 15.7 Å². The third kappa shape index (κ3) is 2.74. The van der Waals surface area contributed by atoms with Crippen LogP contribution >= 0.6 is 0 Å². The molecule has 2 aromatic rings. The summed E-state index contributed by atoms with van der Waals surface area (Å²) in [6, 6.07) is 1.62. The summed E-state index contributed by atoms with van der Waals surface area (Å²) in [7, 11) is 0. The van der Waals surface area contributed by atoms with Gasteiger partial charge in [-0.25, -0.2) is 15.8 Å². The van der Waals surface area contributed by atoms with Gasteiger partial charge in [-0.2, -0.15) is 4.68 Å². The van der Waals surface area contributed by atoms with Crippen molar-refractivity contribution in [2.75, 3.05) is 36.9 Å². The fraction of sp³-hybridized carbons (Fsp3) is 0.571. The number of aryl methyl sites for hydroxylation is 1. The molecule has 30 heavy (non-hydrogen) atoms. The Balaban J connectivity index is 1.55. The lowest BCUT2D eigenvalue weighted by atomic mass is 10.1. The number of halogens is 1. The van der Waals surface area contributed by atoms with E-state index >= 15 is 4.39 Å². The minimum Gasteiger partial charge on any atom is -0.368 e. The number of benzene rings is 1. The molecule has 3 N–H and O–H groups in total. The molecule has 2 heterocycles. The first kappa shape index (κ1) is 19.1. The number of nitrogens with one attached hydrogen (secondary N) is 1. The molecule has 1 aromatic carbocycles. The number of nitrogens with zero attached hydrogens (tertiary/aromatic N) is 4. The number of anilines is 1. The molecule has 1 saturated heterocycles. The van der Waals surface area contributed by atoms with Gasteiger partial charge in [-0.05, 0) is 38.7 Å². The number of hydrogen-bond donors (Lipinski definition) is 2. The van der Waals surface area contributed by atoms with E-state index in [4.69, 9.17) is 12.4 Å². The highest BCUT2D eigenvalue weighted by Gasteiger charge is 2.57. The molecule has 3 aliphatic rings. The lowest BCUT2D eigenvalue weighted by Crippen LogP contribution is -2.44. The second-order valence-electron chi connectivity index (χ2n) is 8.91. The predicted octanol–water partition coefficient (Wildman–Crippen LogP) is 1.14. The van der Waals surface area contributed by atoms with Gasteiger partial charge in [0.1, 0.15) is 5.82 Å². The van der Waals surface area contributed by atoms with Crippen LogP contribution in [0.5, 0.6) is 0 Å². The molecule has 9 heteroatoms. The fourth-order valence-corrected chi connectivity index (χ4v) is 5.19. The van der Waals surface area contributed by atoms with Gasteiger partial charge in [-0.3, -0.25) is 9.36 Å². The molecule has 2 saturated carbocycles. The number of aromatic nitrogens is 2. The fourth-order valence-electron chi connectivity index (χ4n) is 5.19. The molecule has 1 aromatic heterocycles. The summed E-state index contributed by atoms with van der Waals surface area (Å²) in [4.78, 5) is 30.7. The van der Waals surface area contributed by atoms with Gasteiger partial charge in [0.25, 0.3) is 5.56 Å². The molecule has 0 radical (unpaired) electrons. The molecule has 158 valence electrons. The average molecular weight is 412 g/mol. The smallest absolute Gasteiger partial charge is 0.350 e. The van der Waals surface area contributed by atoms with E-state index in [9.17, 15) is 9.59 Å². The Labute approximate surface area is 172 Å². The number of hydrogen-bond acceptors (Lipinski definition) is 5. The second-order valence-corrected chi connectivity index (χ2v) is 8.91. The van der Waals surface area contributed by atoms with Crippen LogP contribution in [-0.4, -0.2) is 41.5 Å². The van der Waals surface area contributed by atoms with Gasteiger partial charge >= 0.3 is 5.69 Å². The predicted molar refractivity (Wildman–Crippen MR) is 113 cm³/mol. The number of fused-ring (bicyclic) bond motifs is 1. The lowest BCUT2D eigenvalue weighted by Gasteiger charge is -2.24. The van der Waals surface area contributed by atoms with Crippen LogP contribution in [0.4, 0.5) is 10.1 Å². The molecular weight excluding hydrogens is 387 g/mol. The summed E-state index contributed by atoms with van der Waals surface area (Å²) in [5, 5.41) is 3.59. The Morgan fingerprint density at radius 2 is 2.17 bits per heavy atom. The van der Waals surface area contributed by atoms with Crippen molar-refractivity contribution >= 4 is 16.6 Å². The summed E-state index contributed by atoms with van der Waals surface area (Å²) in [5.41, 5.74) is 0.529. The Bertz CT molecular complexity index is 1210. The molecule has 2 unspecified atom stereocenters. The molecule has 0 amide bonds. The van der Waals surface area contributed by atoms with Crippen LogP contribution in [0, 0.1) is 24.7 Å². The van der Waals surface area contributed by atoms with Crippen LogP contribution in [0.1, 0.15) is 37.3 Å². The zero-order valence-corrected chi connectivity index (χ0v) is 16.9. The monoisotopic (exact) mass is 412 g/mol. The zero-order chi connectivity index (χ0) is 21.2. The Hall–Kier alpha value is -2.86. The van der Waals surface area contributed by atoms with Crippen molar-refractivity contribution < 1.29 is 4.39 Å². The van der Waals surface area contributed by atoms with Gasteiger partial charge in [-0.1, -0.05) is 0 Å². The first-order valence-corrected chi connectivity index (χ1v) is 10.4. The maximum absolute atomic E-state index is 15.2. The molecule has 1 spiro atoms. The minimum atomic E-state index is -0.662. The van der Waals surface area contributed by atoms with Crippen LogP contribution in [0.3, 0.4) is 0 Å². The van der Waals surface area contributed by atoms with E-state index in [0.717, 1.165) is 38.8 Å². The van der Waals surface area contributed by atoms with Crippen molar-refractivity contribution in [2.45, 2.75) is 44.7 Å². The number of rotatable bonds is 5. The highest BCUT2D eigenvalue weighted by atomic mass is 19.1. The molecule has 3 fully saturated rings. The summed E-state index contributed by atoms with van der Waals surface area (Å²) < 4.78 is 17.4. The summed E-state index contributed by atoms with van der Waals surface area (Å²) in [6.07, 6.45) is 3.69. The van der Waals surface area contributed by atoms with Crippen LogP contribution < -0.4 is 27.3 Å². The zero-order valence-electron chi connectivity index (χ0n) is 16.9. The van der Waals surface area contributed by atoms with E-state index in [0.29, 0.717) is 40.6 Å². The van der Waals surface area contributed by atoms with Crippen LogP contribution in [-0.2, 0) is 0 Å². The largest absolute Gasteiger partial charge is 0.368 e. The van der Waals surface area contributed by atoms with E-state index in [1.165, 1.54) is 6.07 Å². The van der Waals surface area contributed by atoms with Crippen LogP contribution in [0.15, 0.2) is 15.7 Å². The van der Waals surface area contributed by atoms with E-state index < -0.39 is 17.1 Å². The maximum atomic E-state index is 15.2. The molecule has 0 bridgehead atoms. The average Bonchev–Trinajstić information content (AvgIpc) is 3.61. The molecule has 5 rings (SSSR count). The number of nitrogens with two attached hydrogens (primary N) is 1. The molecule has 2 aliphatic carbocycles. The van der Waals surface area contributed by atoms with Crippen molar-refractivity contribution in [3.8, 4) is 0 Å². The Morgan fingerprint density at radius 3 is 2.87 bits per heavy atom. The second kappa shape index (κ2) is 6.57. The van der Waals surface area contributed by atoms with Crippen LogP contribution in [0.2, 0.25) is 0 Å². The van der Waals surface area contributed by atoms with E-state index in [-0.39, 0.29) is 16.8 Å². The molecular formula is C21H25FN6O2. The number of nitrogen functional groups attached to an aromatic ring is 1. The van der Waals surface area contributed by atoms with Crippen molar-refractivity contribution in [2.24, 2.45) is 5.41 Å².